The lowest BCUT2D eigenvalue weighted by molar-refractivity contribution is -0.148. The molecular weight excluding hydrogens is 440 g/mol. The molecular formula is C25H23ClN4O3. The Labute approximate surface area is 196 Å². The van der Waals surface area contributed by atoms with Crippen LogP contribution in [0.15, 0.2) is 59.1 Å². The predicted molar refractivity (Wildman–Crippen MR) is 127 cm³/mol. The molecule has 1 fully saturated rings. The molecule has 0 bridgehead atoms. The summed E-state index contributed by atoms with van der Waals surface area (Å²) in [7, 11) is 0. The topological polar surface area (TPSA) is 81.4 Å². The fourth-order valence-electron chi connectivity index (χ4n) is 4.15. The van der Waals surface area contributed by atoms with E-state index in [1.165, 1.54) is 0 Å². The van der Waals surface area contributed by atoms with Gasteiger partial charge in [-0.25, -0.2) is 4.98 Å². The molecule has 1 aliphatic heterocycles. The number of carbonyl (C=O) groups excluding carboxylic acids is 1. The molecule has 33 heavy (non-hydrogen) atoms. The summed E-state index contributed by atoms with van der Waals surface area (Å²) in [6.45, 7) is 3.71. The molecule has 0 radical (unpaired) electrons. The summed E-state index contributed by atoms with van der Waals surface area (Å²) < 4.78 is 10.9. The molecule has 0 unspecified atom stereocenters. The first-order chi connectivity index (χ1) is 16.1. The van der Waals surface area contributed by atoms with Crippen LogP contribution in [0.5, 0.6) is 0 Å². The minimum absolute atomic E-state index is 0.0565. The number of esters is 1. The van der Waals surface area contributed by atoms with Crippen LogP contribution in [-0.2, 0) is 9.53 Å². The SMILES string of the molecule is CCOC(=O)C1CCN(c2cc(-c3nc(-c4ccc(Cl)cc4)no3)c3ccccc3n2)CC1. The second-order valence-corrected chi connectivity index (χ2v) is 8.42. The van der Waals surface area contributed by atoms with E-state index >= 15 is 0 Å². The number of pyridine rings is 1. The predicted octanol–water partition coefficient (Wildman–Crippen LogP) is 5.38. The number of para-hydroxylation sites is 1. The molecule has 2 aromatic heterocycles. The first kappa shape index (κ1) is 21.4. The van der Waals surface area contributed by atoms with Crippen molar-refractivity contribution in [3.05, 3.63) is 59.6 Å². The van der Waals surface area contributed by atoms with Gasteiger partial charge in [0.25, 0.3) is 5.89 Å². The molecule has 0 N–H and O–H groups in total. The minimum Gasteiger partial charge on any atom is -0.466 e. The summed E-state index contributed by atoms with van der Waals surface area (Å²) in [6, 6.07) is 17.2. The van der Waals surface area contributed by atoms with Gasteiger partial charge >= 0.3 is 5.97 Å². The lowest BCUT2D eigenvalue weighted by Gasteiger charge is -2.32. The number of carbonyl (C=O) groups is 1. The van der Waals surface area contributed by atoms with Gasteiger partial charge in [0.2, 0.25) is 5.82 Å². The largest absolute Gasteiger partial charge is 0.466 e. The van der Waals surface area contributed by atoms with Gasteiger partial charge in [-0.15, -0.1) is 0 Å². The van der Waals surface area contributed by atoms with Gasteiger partial charge in [0.05, 0.1) is 23.6 Å². The van der Waals surface area contributed by atoms with Crippen LogP contribution in [0.4, 0.5) is 5.82 Å². The number of nitrogens with zero attached hydrogens (tertiary/aromatic N) is 4. The quantitative estimate of drug-likeness (QED) is 0.368. The van der Waals surface area contributed by atoms with Crippen molar-refractivity contribution in [2.45, 2.75) is 19.8 Å². The molecule has 8 heteroatoms. The van der Waals surface area contributed by atoms with E-state index in [2.05, 4.69) is 15.0 Å². The van der Waals surface area contributed by atoms with Gasteiger partial charge in [-0.1, -0.05) is 35.0 Å². The Morgan fingerprint density at radius 2 is 1.88 bits per heavy atom. The van der Waals surface area contributed by atoms with Crippen molar-refractivity contribution in [1.82, 2.24) is 15.1 Å². The molecule has 2 aromatic carbocycles. The number of anilines is 1. The van der Waals surface area contributed by atoms with Crippen LogP contribution in [-0.4, -0.2) is 40.8 Å². The van der Waals surface area contributed by atoms with Crippen molar-refractivity contribution in [3.8, 4) is 22.8 Å². The Bertz CT molecular complexity index is 1280. The molecule has 7 nitrogen and oxygen atoms in total. The summed E-state index contributed by atoms with van der Waals surface area (Å²) in [5.74, 6) is 1.60. The maximum Gasteiger partial charge on any atom is 0.309 e. The molecule has 0 saturated carbocycles. The normalized spacial score (nSPS) is 14.5. The van der Waals surface area contributed by atoms with Crippen molar-refractivity contribution in [2.75, 3.05) is 24.6 Å². The average Bonchev–Trinajstić information content (AvgIpc) is 3.34. The molecule has 0 aliphatic carbocycles. The van der Waals surface area contributed by atoms with Crippen molar-refractivity contribution in [1.29, 1.82) is 0 Å². The van der Waals surface area contributed by atoms with Gasteiger partial charge in [-0.3, -0.25) is 4.79 Å². The number of hydrogen-bond donors (Lipinski definition) is 0. The van der Waals surface area contributed by atoms with E-state index in [4.69, 9.17) is 25.8 Å². The number of aromatic nitrogens is 3. The van der Waals surface area contributed by atoms with Gasteiger partial charge in [-0.2, -0.15) is 4.98 Å². The fourth-order valence-corrected chi connectivity index (χ4v) is 4.28. The van der Waals surface area contributed by atoms with Gasteiger partial charge in [0, 0.05) is 29.1 Å². The molecule has 3 heterocycles. The Balaban J connectivity index is 1.46. The third-order valence-corrected chi connectivity index (χ3v) is 6.15. The first-order valence-corrected chi connectivity index (χ1v) is 11.4. The third kappa shape index (κ3) is 4.41. The number of hydrogen-bond acceptors (Lipinski definition) is 7. The summed E-state index contributed by atoms with van der Waals surface area (Å²) in [5.41, 5.74) is 2.51. The van der Waals surface area contributed by atoms with E-state index < -0.39 is 0 Å². The monoisotopic (exact) mass is 462 g/mol. The Morgan fingerprint density at radius 1 is 1.12 bits per heavy atom. The second kappa shape index (κ2) is 9.19. The number of benzene rings is 2. The average molecular weight is 463 g/mol. The number of rotatable bonds is 5. The van der Waals surface area contributed by atoms with Crippen LogP contribution in [0.25, 0.3) is 33.7 Å². The van der Waals surface area contributed by atoms with E-state index in [1.54, 1.807) is 12.1 Å². The molecule has 0 spiro atoms. The molecule has 0 amide bonds. The fraction of sp³-hybridized carbons (Fsp3) is 0.280. The number of piperidine rings is 1. The zero-order valence-corrected chi connectivity index (χ0v) is 19.0. The zero-order chi connectivity index (χ0) is 22.8. The number of halogens is 1. The van der Waals surface area contributed by atoms with Crippen LogP contribution in [0, 0.1) is 5.92 Å². The highest BCUT2D eigenvalue weighted by Gasteiger charge is 2.27. The smallest absolute Gasteiger partial charge is 0.309 e. The third-order valence-electron chi connectivity index (χ3n) is 5.90. The van der Waals surface area contributed by atoms with Crippen LogP contribution < -0.4 is 4.90 Å². The lowest BCUT2D eigenvalue weighted by atomic mass is 9.97. The van der Waals surface area contributed by atoms with Crippen LogP contribution in [0.3, 0.4) is 0 Å². The van der Waals surface area contributed by atoms with Crippen molar-refractivity contribution >= 4 is 34.3 Å². The van der Waals surface area contributed by atoms with E-state index in [0.29, 0.717) is 23.3 Å². The van der Waals surface area contributed by atoms with E-state index in [-0.39, 0.29) is 11.9 Å². The maximum atomic E-state index is 12.1. The van der Waals surface area contributed by atoms with Gasteiger partial charge in [-0.05, 0) is 56.2 Å². The van der Waals surface area contributed by atoms with E-state index in [9.17, 15) is 4.79 Å². The number of ether oxygens (including phenoxy) is 1. The van der Waals surface area contributed by atoms with E-state index in [0.717, 1.165) is 53.8 Å². The summed E-state index contributed by atoms with van der Waals surface area (Å²) in [6.07, 6.45) is 1.48. The van der Waals surface area contributed by atoms with Gasteiger partial charge in [0.15, 0.2) is 0 Å². The molecule has 168 valence electrons. The highest BCUT2D eigenvalue weighted by atomic mass is 35.5. The minimum atomic E-state index is -0.107. The van der Waals surface area contributed by atoms with Crippen LogP contribution in [0.2, 0.25) is 5.02 Å². The highest BCUT2D eigenvalue weighted by Crippen LogP contribution is 2.33. The Morgan fingerprint density at radius 3 is 2.64 bits per heavy atom. The molecule has 0 atom stereocenters. The Hall–Kier alpha value is -3.45. The first-order valence-electron chi connectivity index (χ1n) is 11.0. The molecule has 4 aromatic rings. The van der Waals surface area contributed by atoms with E-state index in [1.807, 2.05) is 49.4 Å². The molecule has 1 saturated heterocycles. The van der Waals surface area contributed by atoms with Crippen LogP contribution in [0.1, 0.15) is 19.8 Å². The standard InChI is InChI=1S/C25H23ClN4O3/c1-2-32-25(31)17-11-13-30(14-12-17)22-15-20(19-5-3-4-6-21(19)27-22)24-28-23(29-33-24)16-7-9-18(26)10-8-16/h3-10,15,17H,2,11-14H2,1H3. The highest BCUT2D eigenvalue weighted by molar-refractivity contribution is 6.30. The Kier molecular flexibility index (Phi) is 5.96. The summed E-state index contributed by atoms with van der Waals surface area (Å²) in [4.78, 5) is 23.8. The summed E-state index contributed by atoms with van der Waals surface area (Å²) in [5, 5.41) is 5.76. The van der Waals surface area contributed by atoms with Crippen LogP contribution >= 0.6 is 11.6 Å². The van der Waals surface area contributed by atoms with Gasteiger partial charge in [0.1, 0.15) is 5.82 Å². The number of fused-ring (bicyclic) bond motifs is 1. The molecule has 5 rings (SSSR count). The van der Waals surface area contributed by atoms with Crippen molar-refractivity contribution in [2.24, 2.45) is 5.92 Å². The van der Waals surface area contributed by atoms with Gasteiger partial charge < -0.3 is 14.2 Å². The van der Waals surface area contributed by atoms with Crippen molar-refractivity contribution < 1.29 is 14.1 Å². The maximum absolute atomic E-state index is 12.1. The second-order valence-electron chi connectivity index (χ2n) is 7.99. The lowest BCUT2D eigenvalue weighted by Crippen LogP contribution is -2.37. The zero-order valence-electron chi connectivity index (χ0n) is 18.2. The van der Waals surface area contributed by atoms with Crippen molar-refractivity contribution in [3.63, 3.8) is 0 Å². The summed E-state index contributed by atoms with van der Waals surface area (Å²) >= 11 is 6.00. The molecule has 1 aliphatic rings.